The number of hydrogen-bond acceptors (Lipinski definition) is 7. The number of rotatable bonds is 8. The van der Waals surface area contributed by atoms with E-state index in [2.05, 4.69) is 5.32 Å². The second kappa shape index (κ2) is 11.7. The van der Waals surface area contributed by atoms with Crippen LogP contribution in [0.15, 0.2) is 65.5 Å². The topological polar surface area (TPSA) is 105 Å². The van der Waals surface area contributed by atoms with Crippen molar-refractivity contribution in [1.29, 1.82) is 0 Å². The Kier molecular flexibility index (Phi) is 8.62. The van der Waals surface area contributed by atoms with Crippen molar-refractivity contribution >= 4 is 37.6 Å². The Hall–Kier alpha value is -3.67. The number of aryl methyl sites for hydroxylation is 1. The first-order valence-corrected chi connectivity index (χ1v) is 13.6. The van der Waals surface area contributed by atoms with Crippen LogP contribution in [0.5, 0.6) is 11.5 Å². The molecule has 3 aromatic carbocycles. The number of benzene rings is 3. The minimum absolute atomic E-state index is 0.0277. The molecule has 0 radical (unpaired) electrons. The molecule has 0 aliphatic carbocycles. The largest absolute Gasteiger partial charge is 0.457 e. The van der Waals surface area contributed by atoms with Gasteiger partial charge in [0.05, 0.1) is 24.3 Å². The molecule has 0 atom stereocenters. The lowest BCUT2D eigenvalue weighted by Gasteiger charge is -2.32. The Labute approximate surface area is 238 Å². The van der Waals surface area contributed by atoms with Gasteiger partial charge in [-0.3, -0.25) is 4.79 Å². The summed E-state index contributed by atoms with van der Waals surface area (Å²) in [5.74, 6) is 0.324. The molecule has 1 amide bonds. The number of nitrogens with one attached hydrogen (secondary N) is 1. The van der Waals surface area contributed by atoms with Gasteiger partial charge in [-0.15, -0.1) is 11.3 Å². The van der Waals surface area contributed by atoms with E-state index in [1.54, 1.807) is 45.0 Å². The third-order valence-electron chi connectivity index (χ3n) is 6.37. The van der Waals surface area contributed by atoms with Crippen molar-refractivity contribution in [2.75, 3.05) is 13.2 Å². The normalized spacial score (nSPS) is 12.5. The number of amides is 1. The van der Waals surface area contributed by atoms with E-state index in [0.29, 0.717) is 32.3 Å². The monoisotopic (exact) mass is 589 g/mol. The number of aliphatic hydroxyl groups excluding tert-OH is 2. The van der Waals surface area contributed by atoms with Crippen molar-refractivity contribution in [1.82, 2.24) is 5.32 Å². The lowest BCUT2D eigenvalue weighted by molar-refractivity contribution is -0.137. The van der Waals surface area contributed by atoms with Gasteiger partial charge in [0.15, 0.2) is 5.43 Å². The van der Waals surface area contributed by atoms with Crippen LogP contribution in [0.4, 0.5) is 18.0 Å². The summed E-state index contributed by atoms with van der Waals surface area (Å²) in [7, 11) is 0. The van der Waals surface area contributed by atoms with Crippen molar-refractivity contribution in [2.24, 2.45) is 0 Å². The molecule has 0 saturated heterocycles. The van der Waals surface area contributed by atoms with E-state index >= 15 is 0 Å². The highest BCUT2D eigenvalue weighted by Gasteiger charge is 2.33. The van der Waals surface area contributed by atoms with Crippen LogP contribution < -0.4 is 15.5 Å². The predicted molar refractivity (Wildman–Crippen MR) is 152 cm³/mol. The number of aliphatic hydroxyl groups is 2. The minimum Gasteiger partial charge on any atom is -0.457 e. The van der Waals surface area contributed by atoms with Crippen molar-refractivity contribution < 1.29 is 37.7 Å². The molecule has 0 bridgehead atoms. The van der Waals surface area contributed by atoms with Crippen molar-refractivity contribution in [2.45, 2.75) is 50.9 Å². The zero-order valence-electron chi connectivity index (χ0n) is 22.7. The van der Waals surface area contributed by atoms with E-state index in [4.69, 9.17) is 9.47 Å². The second-order valence-electron chi connectivity index (χ2n) is 10.8. The van der Waals surface area contributed by atoms with Crippen LogP contribution in [0.25, 0.3) is 20.2 Å². The highest BCUT2D eigenvalue weighted by Crippen LogP contribution is 2.34. The molecule has 4 rings (SSSR count). The first kappa shape index (κ1) is 30.3. The maximum atomic E-state index is 13.3. The van der Waals surface area contributed by atoms with E-state index in [1.807, 2.05) is 6.07 Å². The number of carbonyl (C=O) groups excluding carboxylic acids is 1. The van der Waals surface area contributed by atoms with Crippen LogP contribution in [0, 0.1) is 0 Å². The summed E-state index contributed by atoms with van der Waals surface area (Å²) in [6.07, 6.45) is -4.72. The van der Waals surface area contributed by atoms with Gasteiger partial charge in [-0.1, -0.05) is 12.1 Å². The third-order valence-corrected chi connectivity index (χ3v) is 7.50. The molecule has 1 heterocycles. The van der Waals surface area contributed by atoms with Gasteiger partial charge in [0.25, 0.3) is 0 Å². The fraction of sp³-hybridized carbons (Fsp3) is 0.333. The summed E-state index contributed by atoms with van der Waals surface area (Å²) in [5, 5.41) is 23.4. The summed E-state index contributed by atoms with van der Waals surface area (Å²) in [5.41, 5.74) is -2.34. The minimum atomic E-state index is -4.49. The van der Waals surface area contributed by atoms with E-state index in [9.17, 15) is 33.0 Å². The second-order valence-corrected chi connectivity index (χ2v) is 11.9. The molecule has 0 fully saturated rings. The SMILES string of the molecule is CC(C)(C)OC(=O)NC(CO)(CO)CCc1ccc2sc3cc(Oc4cccc(C(F)(F)F)c4)ccc3c(=O)c2c1. The summed E-state index contributed by atoms with van der Waals surface area (Å²) >= 11 is 1.34. The molecular weight excluding hydrogens is 559 g/mol. The Morgan fingerprint density at radius 1 is 0.902 bits per heavy atom. The molecule has 7 nitrogen and oxygen atoms in total. The molecular formula is C30H30F3NO6S. The van der Waals surface area contributed by atoms with E-state index in [-0.39, 0.29) is 17.6 Å². The maximum absolute atomic E-state index is 13.3. The quantitative estimate of drug-likeness (QED) is 0.205. The lowest BCUT2D eigenvalue weighted by atomic mass is 9.92. The van der Waals surface area contributed by atoms with Gasteiger partial charge in [0, 0.05) is 20.2 Å². The standard InChI is InChI=1S/C30H30F3NO6S/c1-28(2,3)40-27(38)34-29(16-35,17-36)12-11-18-7-10-24-23(13-18)26(37)22-9-8-21(15-25(22)41-24)39-20-6-4-5-19(14-20)30(31,32)33/h4-10,13-15,35-36H,11-12,16-17H2,1-3H3,(H,34,38). The summed E-state index contributed by atoms with van der Waals surface area (Å²) in [6.45, 7) is 4.09. The molecule has 0 unspecified atom stereocenters. The molecule has 4 aromatic rings. The van der Waals surface area contributed by atoms with Crippen LogP contribution in [0.2, 0.25) is 0 Å². The van der Waals surface area contributed by atoms with Gasteiger partial charge in [-0.05, 0) is 87.7 Å². The van der Waals surface area contributed by atoms with Gasteiger partial charge >= 0.3 is 12.3 Å². The van der Waals surface area contributed by atoms with Gasteiger partial charge in [-0.2, -0.15) is 13.2 Å². The molecule has 41 heavy (non-hydrogen) atoms. The smallest absolute Gasteiger partial charge is 0.416 e. The number of halogens is 3. The van der Waals surface area contributed by atoms with Crippen LogP contribution in [-0.2, 0) is 17.3 Å². The Morgan fingerprint density at radius 2 is 1.61 bits per heavy atom. The average molecular weight is 590 g/mol. The van der Waals surface area contributed by atoms with Crippen LogP contribution in [0.1, 0.15) is 38.3 Å². The molecule has 0 aliphatic rings. The van der Waals surface area contributed by atoms with Crippen LogP contribution >= 0.6 is 11.3 Å². The van der Waals surface area contributed by atoms with Gasteiger partial charge in [0.1, 0.15) is 17.1 Å². The molecule has 0 aliphatic heterocycles. The molecule has 218 valence electrons. The van der Waals surface area contributed by atoms with Crippen LogP contribution in [-0.4, -0.2) is 40.7 Å². The molecule has 11 heteroatoms. The van der Waals surface area contributed by atoms with Crippen molar-refractivity contribution in [3.63, 3.8) is 0 Å². The van der Waals surface area contributed by atoms with Crippen molar-refractivity contribution in [3.8, 4) is 11.5 Å². The highest BCUT2D eigenvalue weighted by molar-refractivity contribution is 7.24. The highest BCUT2D eigenvalue weighted by atomic mass is 32.1. The Morgan fingerprint density at radius 3 is 2.27 bits per heavy atom. The molecule has 0 spiro atoms. The third kappa shape index (κ3) is 7.35. The van der Waals surface area contributed by atoms with Gasteiger partial charge in [0.2, 0.25) is 0 Å². The number of fused-ring (bicyclic) bond motifs is 2. The van der Waals surface area contributed by atoms with E-state index in [1.165, 1.54) is 29.5 Å². The van der Waals surface area contributed by atoms with E-state index < -0.39 is 42.2 Å². The number of hydrogen-bond donors (Lipinski definition) is 3. The molecule has 3 N–H and O–H groups in total. The van der Waals surface area contributed by atoms with E-state index in [0.717, 1.165) is 17.7 Å². The number of carbonyl (C=O) groups is 1. The first-order valence-electron chi connectivity index (χ1n) is 12.8. The lowest BCUT2D eigenvalue weighted by Crippen LogP contribution is -2.55. The summed E-state index contributed by atoms with van der Waals surface area (Å²) in [6, 6.07) is 14.7. The fourth-order valence-electron chi connectivity index (χ4n) is 4.23. The van der Waals surface area contributed by atoms with Crippen LogP contribution in [0.3, 0.4) is 0 Å². The molecule has 1 aromatic heterocycles. The number of ether oxygens (including phenoxy) is 2. The zero-order chi connectivity index (χ0) is 30.0. The fourth-order valence-corrected chi connectivity index (χ4v) is 5.31. The average Bonchev–Trinajstić information content (AvgIpc) is 2.90. The zero-order valence-corrected chi connectivity index (χ0v) is 23.5. The number of alkyl carbamates (subject to hydrolysis) is 1. The van der Waals surface area contributed by atoms with Gasteiger partial charge in [-0.25, -0.2) is 4.79 Å². The van der Waals surface area contributed by atoms with Gasteiger partial charge < -0.3 is 25.0 Å². The van der Waals surface area contributed by atoms with Crippen molar-refractivity contribution in [3.05, 3.63) is 82.0 Å². The predicted octanol–water partition coefficient (Wildman–Crippen LogP) is 6.41. The summed E-state index contributed by atoms with van der Waals surface area (Å²) in [4.78, 5) is 25.6. The first-order chi connectivity index (χ1) is 19.2. The molecule has 0 saturated carbocycles. The Bertz CT molecular complexity index is 1620. The summed E-state index contributed by atoms with van der Waals surface area (Å²) < 4.78 is 51.4. The Balaban J connectivity index is 1.56. The number of alkyl halides is 3. The maximum Gasteiger partial charge on any atom is 0.416 e.